The van der Waals surface area contributed by atoms with Gasteiger partial charge in [0.05, 0.1) is 13.0 Å². The summed E-state index contributed by atoms with van der Waals surface area (Å²) in [4.78, 5) is 22.0. The third kappa shape index (κ3) is 4.76. The molecule has 0 aliphatic heterocycles. The Morgan fingerprint density at radius 3 is 2.57 bits per heavy atom. The van der Waals surface area contributed by atoms with Gasteiger partial charge in [0.25, 0.3) is 0 Å². The molecule has 21 heavy (non-hydrogen) atoms. The van der Waals surface area contributed by atoms with Crippen LogP contribution in [0.2, 0.25) is 0 Å². The van der Waals surface area contributed by atoms with Crippen molar-refractivity contribution < 1.29 is 14.7 Å². The molecule has 0 spiro atoms. The van der Waals surface area contributed by atoms with Gasteiger partial charge in [0, 0.05) is 25.4 Å². The van der Waals surface area contributed by atoms with Gasteiger partial charge < -0.3 is 10.4 Å². The number of hydrogen-bond donors (Lipinski definition) is 2. The molecule has 0 unspecified atom stereocenters. The Morgan fingerprint density at radius 2 is 1.90 bits per heavy atom. The maximum Gasteiger partial charge on any atom is 0.303 e. The second-order valence-electron chi connectivity index (χ2n) is 4.64. The number of rotatable bonds is 7. The van der Waals surface area contributed by atoms with Crippen LogP contribution >= 0.6 is 0 Å². The molecule has 2 N–H and O–H groups in total. The van der Waals surface area contributed by atoms with E-state index in [1.165, 1.54) is 0 Å². The first-order valence-corrected chi connectivity index (χ1v) is 6.68. The van der Waals surface area contributed by atoms with E-state index in [0.717, 1.165) is 11.1 Å². The van der Waals surface area contributed by atoms with E-state index < -0.39 is 5.97 Å². The quantitative estimate of drug-likeness (QED) is 0.806. The van der Waals surface area contributed by atoms with Crippen LogP contribution in [0.5, 0.6) is 0 Å². The monoisotopic (exact) mass is 287 g/mol. The van der Waals surface area contributed by atoms with Gasteiger partial charge in [0.2, 0.25) is 5.91 Å². The van der Waals surface area contributed by atoms with Crippen molar-refractivity contribution >= 4 is 11.9 Å². The zero-order valence-electron chi connectivity index (χ0n) is 11.5. The summed E-state index contributed by atoms with van der Waals surface area (Å²) in [5.41, 5.74) is 2.07. The number of hydrogen-bond acceptors (Lipinski definition) is 3. The third-order valence-corrected chi connectivity index (χ3v) is 3.05. The lowest BCUT2D eigenvalue weighted by molar-refractivity contribution is -0.138. The van der Waals surface area contributed by atoms with Crippen LogP contribution in [0.4, 0.5) is 0 Å². The molecule has 0 fully saturated rings. The maximum atomic E-state index is 11.6. The van der Waals surface area contributed by atoms with Gasteiger partial charge in [-0.05, 0) is 17.2 Å². The number of carboxylic acid groups (broad SMARTS) is 1. The summed E-state index contributed by atoms with van der Waals surface area (Å²) in [6.45, 7) is 1.02. The highest BCUT2D eigenvalue weighted by Crippen LogP contribution is 2.10. The number of benzene rings is 1. The van der Waals surface area contributed by atoms with Crippen molar-refractivity contribution in [2.24, 2.45) is 0 Å². The fraction of sp³-hybridized carbons (Fsp3) is 0.267. The summed E-state index contributed by atoms with van der Waals surface area (Å²) in [7, 11) is 0. The van der Waals surface area contributed by atoms with E-state index in [-0.39, 0.29) is 18.7 Å². The highest BCUT2D eigenvalue weighted by molar-refractivity contribution is 5.80. The average molecular weight is 287 g/mol. The van der Waals surface area contributed by atoms with Gasteiger partial charge in [0.15, 0.2) is 0 Å². The number of nitrogens with one attached hydrogen (secondary N) is 1. The Bertz CT molecular complexity index is 608. The fourth-order valence-electron chi connectivity index (χ4n) is 1.96. The van der Waals surface area contributed by atoms with Crippen molar-refractivity contribution in [2.45, 2.75) is 25.9 Å². The van der Waals surface area contributed by atoms with Gasteiger partial charge in [-0.1, -0.05) is 24.3 Å². The van der Waals surface area contributed by atoms with Crippen molar-refractivity contribution in [1.29, 1.82) is 0 Å². The Balaban J connectivity index is 1.94. The van der Waals surface area contributed by atoms with E-state index in [1.807, 2.05) is 41.2 Å². The smallest absolute Gasteiger partial charge is 0.303 e. The molecular weight excluding hydrogens is 270 g/mol. The van der Waals surface area contributed by atoms with E-state index in [9.17, 15) is 9.59 Å². The SMILES string of the molecule is O=C(O)CCC(=O)NCc1ccccc1Cn1cccn1. The summed E-state index contributed by atoms with van der Waals surface area (Å²) in [6.07, 6.45) is 3.44. The van der Waals surface area contributed by atoms with Gasteiger partial charge in [-0.3, -0.25) is 14.3 Å². The van der Waals surface area contributed by atoms with Gasteiger partial charge in [0.1, 0.15) is 0 Å². The number of aliphatic carboxylic acids is 1. The average Bonchev–Trinajstić information content (AvgIpc) is 2.97. The second-order valence-corrected chi connectivity index (χ2v) is 4.64. The lowest BCUT2D eigenvalue weighted by Gasteiger charge is -2.10. The number of carbonyl (C=O) groups is 2. The molecule has 6 nitrogen and oxygen atoms in total. The van der Waals surface area contributed by atoms with E-state index in [2.05, 4.69) is 10.4 Å². The molecule has 2 aromatic rings. The zero-order chi connectivity index (χ0) is 15.1. The van der Waals surface area contributed by atoms with E-state index >= 15 is 0 Å². The molecule has 0 aliphatic rings. The van der Waals surface area contributed by atoms with Crippen molar-refractivity contribution in [3.05, 3.63) is 53.9 Å². The topological polar surface area (TPSA) is 84.2 Å². The van der Waals surface area contributed by atoms with E-state index in [1.54, 1.807) is 6.20 Å². The molecule has 1 heterocycles. The van der Waals surface area contributed by atoms with Gasteiger partial charge in [-0.15, -0.1) is 0 Å². The summed E-state index contributed by atoms with van der Waals surface area (Å²) in [5, 5.41) is 15.4. The van der Waals surface area contributed by atoms with Crippen LogP contribution in [-0.2, 0) is 22.7 Å². The maximum absolute atomic E-state index is 11.6. The summed E-state index contributed by atoms with van der Waals surface area (Å²) < 4.78 is 1.81. The molecule has 0 aliphatic carbocycles. The van der Waals surface area contributed by atoms with Crippen LogP contribution in [0.1, 0.15) is 24.0 Å². The minimum absolute atomic E-state index is 0.00332. The first-order valence-electron chi connectivity index (χ1n) is 6.68. The van der Waals surface area contributed by atoms with Gasteiger partial charge in [-0.25, -0.2) is 0 Å². The molecule has 6 heteroatoms. The highest BCUT2D eigenvalue weighted by atomic mass is 16.4. The molecule has 0 saturated heterocycles. The number of carbonyl (C=O) groups excluding carboxylic acids is 1. The number of aromatic nitrogens is 2. The number of amides is 1. The second kappa shape index (κ2) is 7.23. The summed E-state index contributed by atoms with van der Waals surface area (Å²) in [5.74, 6) is -1.23. The number of carboxylic acids is 1. The third-order valence-electron chi connectivity index (χ3n) is 3.05. The molecule has 0 bridgehead atoms. The minimum Gasteiger partial charge on any atom is -0.481 e. The largest absolute Gasteiger partial charge is 0.481 e. The van der Waals surface area contributed by atoms with Crippen molar-refractivity contribution in [2.75, 3.05) is 0 Å². The molecule has 0 saturated carbocycles. The fourth-order valence-corrected chi connectivity index (χ4v) is 1.96. The van der Waals surface area contributed by atoms with Crippen molar-refractivity contribution in [1.82, 2.24) is 15.1 Å². The van der Waals surface area contributed by atoms with Crippen LogP contribution in [0.25, 0.3) is 0 Å². The summed E-state index contributed by atoms with van der Waals surface area (Å²) in [6, 6.07) is 9.63. The lowest BCUT2D eigenvalue weighted by atomic mass is 10.1. The lowest BCUT2D eigenvalue weighted by Crippen LogP contribution is -2.24. The Hall–Kier alpha value is -2.63. The summed E-state index contributed by atoms with van der Waals surface area (Å²) >= 11 is 0. The van der Waals surface area contributed by atoms with Crippen LogP contribution in [0, 0.1) is 0 Å². The minimum atomic E-state index is -0.968. The van der Waals surface area contributed by atoms with Gasteiger partial charge in [-0.2, -0.15) is 5.10 Å². The first kappa shape index (κ1) is 14.8. The van der Waals surface area contributed by atoms with Crippen LogP contribution < -0.4 is 5.32 Å². The normalized spacial score (nSPS) is 10.3. The van der Waals surface area contributed by atoms with Crippen molar-refractivity contribution in [3.8, 4) is 0 Å². The van der Waals surface area contributed by atoms with Crippen LogP contribution in [-0.4, -0.2) is 26.8 Å². The highest BCUT2D eigenvalue weighted by Gasteiger charge is 2.07. The van der Waals surface area contributed by atoms with Crippen LogP contribution in [0.3, 0.4) is 0 Å². The number of nitrogens with zero attached hydrogens (tertiary/aromatic N) is 2. The molecule has 1 aromatic carbocycles. The standard InChI is InChI=1S/C15H17N3O3/c19-14(6-7-15(20)21)16-10-12-4-1-2-5-13(12)11-18-9-3-8-17-18/h1-5,8-9H,6-7,10-11H2,(H,16,19)(H,20,21). The Kier molecular flexibility index (Phi) is 5.09. The predicted octanol–water partition coefficient (Wildman–Crippen LogP) is 1.41. The van der Waals surface area contributed by atoms with Crippen molar-refractivity contribution in [3.63, 3.8) is 0 Å². The Morgan fingerprint density at radius 1 is 1.14 bits per heavy atom. The molecule has 1 amide bonds. The first-order chi connectivity index (χ1) is 10.1. The van der Waals surface area contributed by atoms with E-state index in [0.29, 0.717) is 13.1 Å². The van der Waals surface area contributed by atoms with Gasteiger partial charge >= 0.3 is 5.97 Å². The van der Waals surface area contributed by atoms with Crippen LogP contribution in [0.15, 0.2) is 42.7 Å². The molecule has 2 rings (SSSR count). The predicted molar refractivity (Wildman–Crippen MR) is 76.5 cm³/mol. The Labute approximate surface area is 122 Å². The molecule has 110 valence electrons. The molecule has 0 atom stereocenters. The zero-order valence-corrected chi connectivity index (χ0v) is 11.5. The molecule has 1 aromatic heterocycles. The molecule has 0 radical (unpaired) electrons. The molecular formula is C15H17N3O3. The van der Waals surface area contributed by atoms with E-state index in [4.69, 9.17) is 5.11 Å².